The van der Waals surface area contributed by atoms with Crippen LogP contribution in [-0.4, -0.2) is 0 Å². The Labute approximate surface area is 133 Å². The van der Waals surface area contributed by atoms with Crippen molar-refractivity contribution >= 4 is 0 Å². The second kappa shape index (κ2) is 7.10. The predicted octanol–water partition coefficient (Wildman–Crippen LogP) is 6.46. The molecule has 0 atom stereocenters. The van der Waals surface area contributed by atoms with Gasteiger partial charge in [0.1, 0.15) is 0 Å². The van der Waals surface area contributed by atoms with Gasteiger partial charge in [-0.05, 0) is 79.9 Å². The molecule has 0 amide bonds. The molecular weight excluding hydrogens is 278 g/mol. The second-order valence-corrected chi connectivity index (χ2v) is 7.47. The number of hydrogen-bond donors (Lipinski definition) is 0. The summed E-state index contributed by atoms with van der Waals surface area (Å²) in [6.45, 7) is 2.32. The maximum absolute atomic E-state index is 13.4. The van der Waals surface area contributed by atoms with E-state index in [0.717, 1.165) is 36.2 Å². The van der Waals surface area contributed by atoms with Crippen LogP contribution in [0.4, 0.5) is 8.78 Å². The van der Waals surface area contributed by atoms with Gasteiger partial charge in [0.25, 0.3) is 0 Å². The minimum Gasteiger partial charge on any atom is -0.204 e. The Kier molecular flexibility index (Phi) is 5.15. The molecule has 3 rings (SSSR count). The molecule has 0 spiro atoms. The van der Waals surface area contributed by atoms with Crippen LogP contribution in [0.15, 0.2) is 18.2 Å². The van der Waals surface area contributed by atoms with Crippen LogP contribution in [0.5, 0.6) is 0 Å². The maximum atomic E-state index is 13.4. The zero-order chi connectivity index (χ0) is 15.5. The normalized spacial score (nSPS) is 32.9. The number of halogens is 2. The molecule has 2 aliphatic rings. The van der Waals surface area contributed by atoms with Crippen molar-refractivity contribution in [1.29, 1.82) is 0 Å². The van der Waals surface area contributed by atoms with Crippen LogP contribution in [-0.2, 0) is 0 Å². The zero-order valence-corrected chi connectivity index (χ0v) is 13.7. The van der Waals surface area contributed by atoms with Gasteiger partial charge in [0.15, 0.2) is 11.6 Å². The van der Waals surface area contributed by atoms with Gasteiger partial charge in [0, 0.05) is 0 Å². The Morgan fingerprint density at radius 1 is 0.818 bits per heavy atom. The van der Waals surface area contributed by atoms with Gasteiger partial charge in [-0.1, -0.05) is 32.3 Å². The molecule has 0 bridgehead atoms. The first-order chi connectivity index (χ1) is 10.7. The minimum atomic E-state index is -0.731. The fraction of sp³-hybridized carbons (Fsp3) is 0.700. The lowest BCUT2D eigenvalue weighted by molar-refractivity contribution is 0.158. The predicted molar refractivity (Wildman–Crippen MR) is 86.8 cm³/mol. The first-order valence-corrected chi connectivity index (χ1v) is 9.12. The Bertz CT molecular complexity index is 480. The van der Waals surface area contributed by atoms with E-state index in [-0.39, 0.29) is 0 Å². The quantitative estimate of drug-likeness (QED) is 0.601. The summed E-state index contributed by atoms with van der Waals surface area (Å²) in [5, 5.41) is 0. The maximum Gasteiger partial charge on any atom is 0.159 e. The van der Waals surface area contributed by atoms with Crippen LogP contribution >= 0.6 is 0 Å². The highest BCUT2D eigenvalue weighted by Crippen LogP contribution is 2.44. The van der Waals surface area contributed by atoms with Gasteiger partial charge in [-0.3, -0.25) is 0 Å². The van der Waals surface area contributed by atoms with Crippen LogP contribution in [0.2, 0.25) is 0 Å². The monoisotopic (exact) mass is 306 g/mol. The highest BCUT2D eigenvalue weighted by molar-refractivity contribution is 5.22. The summed E-state index contributed by atoms with van der Waals surface area (Å²) in [5.74, 6) is 1.77. The lowest BCUT2D eigenvalue weighted by Gasteiger charge is -2.38. The summed E-state index contributed by atoms with van der Waals surface area (Å²) in [6, 6.07) is 4.46. The van der Waals surface area contributed by atoms with E-state index in [1.807, 2.05) is 0 Å². The molecule has 0 nitrogen and oxygen atoms in total. The largest absolute Gasteiger partial charge is 0.204 e. The third-order valence-corrected chi connectivity index (χ3v) is 6.32. The molecule has 2 aliphatic carbocycles. The van der Waals surface area contributed by atoms with Gasteiger partial charge in [0.2, 0.25) is 0 Å². The van der Waals surface area contributed by atoms with E-state index in [4.69, 9.17) is 0 Å². The third kappa shape index (κ3) is 3.52. The molecule has 0 heterocycles. The molecule has 0 unspecified atom stereocenters. The van der Waals surface area contributed by atoms with Gasteiger partial charge in [-0.15, -0.1) is 0 Å². The highest BCUT2D eigenvalue weighted by Gasteiger charge is 2.31. The standard InChI is InChI=1S/C20H28F2/c1-2-14-3-5-15(6-4-14)16-7-9-17(10-8-16)18-11-12-19(21)20(22)13-18/h11-17H,2-10H2,1H3/t14-,15-,16?,17?. The van der Waals surface area contributed by atoms with Gasteiger partial charge in [-0.2, -0.15) is 0 Å². The van der Waals surface area contributed by atoms with Gasteiger partial charge in [0.05, 0.1) is 0 Å². The first-order valence-electron chi connectivity index (χ1n) is 9.12. The summed E-state index contributed by atoms with van der Waals surface area (Å²) in [4.78, 5) is 0. The third-order valence-electron chi connectivity index (χ3n) is 6.32. The second-order valence-electron chi connectivity index (χ2n) is 7.47. The van der Waals surface area contributed by atoms with E-state index in [0.29, 0.717) is 5.92 Å². The van der Waals surface area contributed by atoms with Gasteiger partial charge in [-0.25, -0.2) is 8.78 Å². The zero-order valence-electron chi connectivity index (χ0n) is 13.7. The lowest BCUT2D eigenvalue weighted by Crippen LogP contribution is -2.25. The van der Waals surface area contributed by atoms with Crippen molar-refractivity contribution in [3.05, 3.63) is 35.4 Å². The molecule has 22 heavy (non-hydrogen) atoms. The van der Waals surface area contributed by atoms with Crippen LogP contribution in [0.1, 0.15) is 76.2 Å². The summed E-state index contributed by atoms with van der Waals surface area (Å²) >= 11 is 0. The molecule has 2 saturated carbocycles. The summed E-state index contributed by atoms with van der Waals surface area (Å²) < 4.78 is 26.5. The van der Waals surface area contributed by atoms with E-state index in [2.05, 4.69) is 6.92 Å². The number of hydrogen-bond acceptors (Lipinski definition) is 0. The Morgan fingerprint density at radius 3 is 1.95 bits per heavy atom. The fourth-order valence-corrected chi connectivity index (χ4v) is 4.76. The summed E-state index contributed by atoms with van der Waals surface area (Å²) in [6.07, 6.45) is 11.8. The van der Waals surface area contributed by atoms with Crippen molar-refractivity contribution in [3.63, 3.8) is 0 Å². The molecule has 0 aromatic heterocycles. The molecule has 122 valence electrons. The fourth-order valence-electron chi connectivity index (χ4n) is 4.76. The molecule has 0 saturated heterocycles. The van der Waals surface area contributed by atoms with Gasteiger partial charge >= 0.3 is 0 Å². The van der Waals surface area contributed by atoms with E-state index in [9.17, 15) is 8.78 Å². The van der Waals surface area contributed by atoms with Crippen molar-refractivity contribution < 1.29 is 8.78 Å². The highest BCUT2D eigenvalue weighted by atomic mass is 19.2. The average Bonchev–Trinajstić information content (AvgIpc) is 2.58. The molecule has 1 aromatic rings. The molecule has 0 radical (unpaired) electrons. The van der Waals surface area contributed by atoms with E-state index < -0.39 is 11.6 Å². The van der Waals surface area contributed by atoms with Crippen LogP contribution in [0.3, 0.4) is 0 Å². The number of rotatable bonds is 3. The molecular formula is C20H28F2. The molecule has 0 aliphatic heterocycles. The van der Waals surface area contributed by atoms with Crippen molar-refractivity contribution in [2.24, 2.45) is 17.8 Å². The Hall–Kier alpha value is -0.920. The molecule has 1 aromatic carbocycles. The Balaban J connectivity index is 1.53. The average molecular weight is 306 g/mol. The molecule has 2 heteroatoms. The van der Waals surface area contributed by atoms with Gasteiger partial charge < -0.3 is 0 Å². The molecule has 0 N–H and O–H groups in total. The van der Waals surface area contributed by atoms with Crippen molar-refractivity contribution in [1.82, 2.24) is 0 Å². The van der Waals surface area contributed by atoms with Crippen molar-refractivity contribution in [3.8, 4) is 0 Å². The molecule has 2 fully saturated rings. The topological polar surface area (TPSA) is 0 Å². The summed E-state index contributed by atoms with van der Waals surface area (Å²) in [7, 11) is 0. The van der Waals surface area contributed by atoms with Crippen LogP contribution < -0.4 is 0 Å². The van der Waals surface area contributed by atoms with Crippen LogP contribution in [0, 0.1) is 29.4 Å². The lowest BCUT2D eigenvalue weighted by atomic mass is 9.68. The minimum absolute atomic E-state index is 0.429. The number of benzene rings is 1. The SMILES string of the molecule is CC[C@H]1CC[C@H](C2CCC(c3ccc(F)c(F)c3)CC2)CC1. The van der Waals surface area contributed by atoms with E-state index in [1.165, 1.54) is 57.1 Å². The van der Waals surface area contributed by atoms with E-state index >= 15 is 0 Å². The summed E-state index contributed by atoms with van der Waals surface area (Å²) in [5.41, 5.74) is 0.993. The first kappa shape index (κ1) is 16.0. The van der Waals surface area contributed by atoms with Crippen molar-refractivity contribution in [2.45, 2.75) is 70.6 Å². The van der Waals surface area contributed by atoms with E-state index in [1.54, 1.807) is 6.07 Å². The van der Waals surface area contributed by atoms with Crippen molar-refractivity contribution in [2.75, 3.05) is 0 Å². The Morgan fingerprint density at radius 2 is 1.41 bits per heavy atom. The smallest absolute Gasteiger partial charge is 0.159 e. The van der Waals surface area contributed by atoms with Crippen LogP contribution in [0.25, 0.3) is 0 Å².